The van der Waals surface area contributed by atoms with Crippen LogP contribution in [0.3, 0.4) is 0 Å². The van der Waals surface area contributed by atoms with Crippen molar-refractivity contribution in [3.63, 3.8) is 0 Å². The molecule has 0 amide bonds. The molecular formula is C16H20BrNS. The summed E-state index contributed by atoms with van der Waals surface area (Å²) in [6.45, 7) is 5.44. The summed E-state index contributed by atoms with van der Waals surface area (Å²) in [5.41, 5.74) is 2.75. The molecule has 0 saturated heterocycles. The predicted octanol–water partition coefficient (Wildman–Crippen LogP) is 5.16. The van der Waals surface area contributed by atoms with Gasteiger partial charge in [-0.1, -0.05) is 38.1 Å². The topological polar surface area (TPSA) is 12.0 Å². The Bertz CT molecular complexity index is 521. The third-order valence-electron chi connectivity index (χ3n) is 3.20. The van der Waals surface area contributed by atoms with Crippen molar-refractivity contribution in [3.8, 4) is 0 Å². The van der Waals surface area contributed by atoms with E-state index in [-0.39, 0.29) is 0 Å². The third kappa shape index (κ3) is 3.68. The molecule has 102 valence electrons. The molecule has 1 atom stereocenters. The van der Waals surface area contributed by atoms with Crippen LogP contribution >= 0.6 is 27.3 Å². The van der Waals surface area contributed by atoms with Gasteiger partial charge in [0.05, 0.1) is 6.04 Å². The van der Waals surface area contributed by atoms with E-state index in [1.165, 1.54) is 20.5 Å². The van der Waals surface area contributed by atoms with E-state index in [1.54, 1.807) is 0 Å². The number of aryl methyl sites for hydroxylation is 1. The van der Waals surface area contributed by atoms with Crippen LogP contribution in [0.2, 0.25) is 0 Å². The second-order valence-corrected chi connectivity index (χ2v) is 6.42. The molecule has 0 aliphatic carbocycles. The maximum Gasteiger partial charge on any atom is 0.0682 e. The van der Waals surface area contributed by atoms with Gasteiger partial charge in [-0.25, -0.2) is 0 Å². The van der Waals surface area contributed by atoms with Gasteiger partial charge in [0.25, 0.3) is 0 Å². The molecule has 0 aliphatic rings. The maximum absolute atomic E-state index is 3.66. The lowest BCUT2D eigenvalue weighted by Gasteiger charge is -2.19. The first-order valence-electron chi connectivity index (χ1n) is 6.81. The summed E-state index contributed by atoms with van der Waals surface area (Å²) in [6, 6.07) is 11.3. The number of hydrogen-bond donors (Lipinski definition) is 1. The average molecular weight is 338 g/mol. The van der Waals surface area contributed by atoms with Crippen molar-refractivity contribution in [2.45, 2.75) is 32.7 Å². The average Bonchev–Trinajstić information content (AvgIpc) is 2.86. The highest BCUT2D eigenvalue weighted by Crippen LogP contribution is 2.33. The fourth-order valence-corrected chi connectivity index (χ4v) is 3.86. The minimum absolute atomic E-state index is 0.292. The zero-order valence-corrected chi connectivity index (χ0v) is 13.9. The second kappa shape index (κ2) is 7.22. The fourth-order valence-electron chi connectivity index (χ4n) is 2.15. The van der Waals surface area contributed by atoms with E-state index in [1.807, 2.05) is 11.3 Å². The summed E-state index contributed by atoms with van der Waals surface area (Å²) in [4.78, 5) is 1.36. The number of nitrogens with one attached hydrogen (secondary N) is 1. The molecule has 0 spiro atoms. The van der Waals surface area contributed by atoms with Gasteiger partial charge in [-0.05, 0) is 57.9 Å². The van der Waals surface area contributed by atoms with E-state index in [0.717, 1.165) is 19.4 Å². The van der Waals surface area contributed by atoms with Gasteiger partial charge in [0.15, 0.2) is 0 Å². The van der Waals surface area contributed by atoms with E-state index < -0.39 is 0 Å². The van der Waals surface area contributed by atoms with Gasteiger partial charge in [-0.3, -0.25) is 0 Å². The van der Waals surface area contributed by atoms with E-state index in [4.69, 9.17) is 0 Å². The SMILES string of the molecule is CCCNC(c1cccc(CC)c1)c1sccc1Br. The first-order valence-corrected chi connectivity index (χ1v) is 8.48. The van der Waals surface area contributed by atoms with Crippen LogP contribution in [0.15, 0.2) is 40.2 Å². The largest absolute Gasteiger partial charge is 0.306 e. The monoisotopic (exact) mass is 337 g/mol. The molecule has 0 aliphatic heterocycles. The van der Waals surface area contributed by atoms with E-state index in [0.29, 0.717) is 6.04 Å². The summed E-state index contributed by atoms with van der Waals surface area (Å²) in [7, 11) is 0. The molecule has 0 saturated carbocycles. The van der Waals surface area contributed by atoms with E-state index in [9.17, 15) is 0 Å². The molecule has 1 aromatic carbocycles. The van der Waals surface area contributed by atoms with Crippen molar-refractivity contribution in [3.05, 3.63) is 56.2 Å². The summed E-state index contributed by atoms with van der Waals surface area (Å²) in [5, 5.41) is 5.80. The fraction of sp³-hybridized carbons (Fsp3) is 0.375. The molecule has 0 radical (unpaired) electrons. The van der Waals surface area contributed by atoms with Crippen molar-refractivity contribution in [1.82, 2.24) is 5.32 Å². The molecule has 2 rings (SSSR count). The summed E-state index contributed by atoms with van der Waals surface area (Å²) < 4.78 is 1.20. The molecule has 3 heteroatoms. The number of halogens is 1. The second-order valence-electron chi connectivity index (χ2n) is 4.62. The van der Waals surface area contributed by atoms with Crippen LogP contribution in [-0.4, -0.2) is 6.54 Å². The normalized spacial score (nSPS) is 12.6. The van der Waals surface area contributed by atoms with Gasteiger partial charge in [-0.15, -0.1) is 11.3 Å². The van der Waals surface area contributed by atoms with Crippen LogP contribution in [0.25, 0.3) is 0 Å². The van der Waals surface area contributed by atoms with E-state index in [2.05, 4.69) is 70.8 Å². The van der Waals surface area contributed by atoms with Gasteiger partial charge in [0.1, 0.15) is 0 Å². The van der Waals surface area contributed by atoms with Crippen LogP contribution in [-0.2, 0) is 6.42 Å². The van der Waals surface area contributed by atoms with Crippen molar-refractivity contribution in [2.24, 2.45) is 0 Å². The van der Waals surface area contributed by atoms with Crippen LogP contribution in [0.1, 0.15) is 42.3 Å². The van der Waals surface area contributed by atoms with E-state index >= 15 is 0 Å². The Hall–Kier alpha value is -0.640. The molecule has 0 bridgehead atoms. The number of hydrogen-bond acceptors (Lipinski definition) is 2. The van der Waals surface area contributed by atoms with Crippen LogP contribution in [0, 0.1) is 0 Å². The van der Waals surface area contributed by atoms with Crippen LogP contribution in [0.4, 0.5) is 0 Å². The van der Waals surface area contributed by atoms with Crippen molar-refractivity contribution >= 4 is 27.3 Å². The number of thiophene rings is 1. The zero-order chi connectivity index (χ0) is 13.7. The lowest BCUT2D eigenvalue weighted by Crippen LogP contribution is -2.22. The molecular weight excluding hydrogens is 318 g/mol. The molecule has 1 aromatic heterocycles. The molecule has 1 unspecified atom stereocenters. The summed E-state index contributed by atoms with van der Waals surface area (Å²) in [5.74, 6) is 0. The standard InChI is InChI=1S/C16H20BrNS/c1-3-9-18-15(16-14(17)8-10-19-16)13-7-5-6-12(4-2)11-13/h5-8,10-11,15,18H,3-4,9H2,1-2H3. The predicted molar refractivity (Wildman–Crippen MR) is 88.0 cm³/mol. The number of rotatable bonds is 6. The highest BCUT2D eigenvalue weighted by atomic mass is 79.9. The Kier molecular flexibility index (Phi) is 5.61. The Morgan fingerprint density at radius 3 is 2.74 bits per heavy atom. The van der Waals surface area contributed by atoms with Crippen LogP contribution < -0.4 is 5.32 Å². The summed E-state index contributed by atoms with van der Waals surface area (Å²) in [6.07, 6.45) is 2.23. The van der Waals surface area contributed by atoms with Gasteiger partial charge in [0, 0.05) is 9.35 Å². The lowest BCUT2D eigenvalue weighted by molar-refractivity contribution is 0.604. The van der Waals surface area contributed by atoms with Crippen LogP contribution in [0.5, 0.6) is 0 Å². The molecule has 0 fully saturated rings. The third-order valence-corrected chi connectivity index (χ3v) is 5.13. The maximum atomic E-state index is 3.66. The molecule has 2 aromatic rings. The summed E-state index contributed by atoms with van der Waals surface area (Å²) >= 11 is 5.47. The first-order chi connectivity index (χ1) is 9.26. The Balaban J connectivity index is 2.34. The Labute approximate surface area is 128 Å². The molecule has 19 heavy (non-hydrogen) atoms. The Morgan fingerprint density at radius 1 is 1.26 bits per heavy atom. The minimum Gasteiger partial charge on any atom is -0.306 e. The Morgan fingerprint density at radius 2 is 2.11 bits per heavy atom. The molecule has 1 N–H and O–H groups in total. The minimum atomic E-state index is 0.292. The van der Waals surface area contributed by atoms with Gasteiger partial charge < -0.3 is 5.32 Å². The van der Waals surface area contributed by atoms with Gasteiger partial charge in [0.2, 0.25) is 0 Å². The lowest BCUT2D eigenvalue weighted by atomic mass is 10.0. The first kappa shape index (κ1) is 14.8. The zero-order valence-electron chi connectivity index (χ0n) is 11.4. The van der Waals surface area contributed by atoms with Gasteiger partial charge in [-0.2, -0.15) is 0 Å². The van der Waals surface area contributed by atoms with Gasteiger partial charge >= 0.3 is 0 Å². The van der Waals surface area contributed by atoms with Crippen molar-refractivity contribution < 1.29 is 0 Å². The van der Waals surface area contributed by atoms with Crippen molar-refractivity contribution in [2.75, 3.05) is 6.54 Å². The molecule has 1 nitrogen and oxygen atoms in total. The quantitative estimate of drug-likeness (QED) is 0.767. The van der Waals surface area contributed by atoms with Crippen molar-refractivity contribution in [1.29, 1.82) is 0 Å². The highest BCUT2D eigenvalue weighted by molar-refractivity contribution is 9.10. The highest BCUT2D eigenvalue weighted by Gasteiger charge is 2.17. The smallest absolute Gasteiger partial charge is 0.0682 e. The number of benzene rings is 1. The molecule has 1 heterocycles.